The summed E-state index contributed by atoms with van der Waals surface area (Å²) in [6.07, 6.45) is 0. The summed E-state index contributed by atoms with van der Waals surface area (Å²) in [5, 5.41) is 9.09. The fourth-order valence-corrected chi connectivity index (χ4v) is 10.2. The maximum Gasteiger partial charge on any atom is 0.0775 e. The third-order valence-corrected chi connectivity index (χ3v) is 13.8. The van der Waals surface area contributed by atoms with E-state index in [-0.39, 0.29) is 5.41 Å². The van der Waals surface area contributed by atoms with Crippen LogP contribution in [-0.2, 0) is 5.41 Å². The maximum absolute atomic E-state index is 2.49. The van der Waals surface area contributed by atoms with Crippen LogP contribution in [0, 0.1) is 0 Å². The Morgan fingerprint density at radius 3 is 1.74 bits per heavy atom. The Hall–Kier alpha value is -5.90. The normalized spacial score (nSPS) is 13.5. The molecule has 0 radical (unpaired) electrons. The van der Waals surface area contributed by atoms with Gasteiger partial charge in [-0.15, -0.1) is 0 Å². The molecule has 0 bridgehead atoms. The first-order chi connectivity index (χ1) is 25.7. The lowest BCUT2D eigenvalue weighted by Gasteiger charge is -2.29. The van der Waals surface area contributed by atoms with Gasteiger partial charge in [-0.1, -0.05) is 154 Å². The monoisotopic (exact) mass is 698 g/mol. The van der Waals surface area contributed by atoms with Gasteiger partial charge in [0, 0.05) is 38.3 Å². The summed E-state index contributed by atoms with van der Waals surface area (Å²) in [6, 6.07) is 61.2. The predicted octanol–water partition coefficient (Wildman–Crippen LogP) is 13.4. The van der Waals surface area contributed by atoms with Gasteiger partial charge in [0.15, 0.2) is 0 Å². The molecule has 0 fully saturated rings. The van der Waals surface area contributed by atoms with E-state index < -0.39 is 8.07 Å². The number of hydrogen-bond donors (Lipinski definition) is 0. The van der Waals surface area contributed by atoms with Crippen molar-refractivity contribution in [2.24, 2.45) is 0 Å². The Morgan fingerprint density at radius 2 is 1.06 bits per heavy atom. The van der Waals surface area contributed by atoms with Crippen LogP contribution in [0.15, 0.2) is 164 Å². The van der Waals surface area contributed by atoms with Crippen LogP contribution in [-0.4, -0.2) is 12.6 Å². The lowest BCUT2D eigenvalue weighted by atomic mass is 9.81. The molecular formula is C50H42N2Si. The molecule has 0 amide bonds. The van der Waals surface area contributed by atoms with E-state index in [9.17, 15) is 0 Å². The highest BCUT2D eigenvalue weighted by molar-refractivity contribution is 6.88. The highest BCUT2D eigenvalue weighted by Gasteiger charge is 2.38. The molecular weight excluding hydrogens is 657 g/mol. The Labute approximate surface area is 312 Å². The molecule has 0 saturated heterocycles. The molecule has 0 atom stereocenters. The molecule has 1 aliphatic rings. The zero-order chi connectivity index (χ0) is 36.1. The van der Waals surface area contributed by atoms with E-state index in [0.717, 1.165) is 0 Å². The zero-order valence-corrected chi connectivity index (χ0v) is 32.0. The summed E-state index contributed by atoms with van der Waals surface area (Å²) in [7, 11) is -1.46. The molecule has 1 aliphatic carbocycles. The van der Waals surface area contributed by atoms with Gasteiger partial charge in [-0.3, -0.25) is 0 Å². The smallest absolute Gasteiger partial charge is 0.0775 e. The third-order valence-electron chi connectivity index (χ3n) is 11.7. The quantitative estimate of drug-likeness (QED) is 0.162. The fourth-order valence-electron chi connectivity index (χ4n) is 9.00. The Kier molecular flexibility index (Phi) is 6.93. The second-order valence-electron chi connectivity index (χ2n) is 16.2. The van der Waals surface area contributed by atoms with Crippen molar-refractivity contribution in [1.29, 1.82) is 0 Å². The Bertz CT molecular complexity index is 2850. The molecule has 0 spiro atoms. The van der Waals surface area contributed by atoms with Crippen LogP contribution >= 0.6 is 0 Å². The van der Waals surface area contributed by atoms with Crippen molar-refractivity contribution in [2.45, 2.75) is 38.9 Å². The van der Waals surface area contributed by atoms with Gasteiger partial charge in [0.1, 0.15) is 0 Å². The van der Waals surface area contributed by atoms with Crippen molar-refractivity contribution < 1.29 is 0 Å². The van der Waals surface area contributed by atoms with Crippen LogP contribution in [0.4, 0.5) is 17.1 Å². The summed E-state index contributed by atoms with van der Waals surface area (Å²) in [5.41, 5.74) is 12.4. The average Bonchev–Trinajstić information content (AvgIpc) is 3.63. The molecule has 1 aromatic heterocycles. The number of fused-ring (bicyclic) bond motifs is 9. The highest BCUT2D eigenvalue weighted by atomic mass is 28.3. The predicted molar refractivity (Wildman–Crippen MR) is 231 cm³/mol. The first kappa shape index (κ1) is 31.8. The van der Waals surface area contributed by atoms with Crippen molar-refractivity contribution in [3.63, 3.8) is 0 Å². The van der Waals surface area contributed by atoms with Crippen LogP contribution in [0.25, 0.3) is 60.2 Å². The fraction of sp³-hybridized carbons (Fsp3) is 0.120. The second-order valence-corrected chi connectivity index (χ2v) is 21.3. The molecule has 53 heavy (non-hydrogen) atoms. The van der Waals surface area contributed by atoms with E-state index >= 15 is 0 Å². The van der Waals surface area contributed by atoms with Gasteiger partial charge in [-0.05, 0) is 81.6 Å². The van der Waals surface area contributed by atoms with Crippen LogP contribution in [0.1, 0.15) is 25.0 Å². The second kappa shape index (κ2) is 11.5. The van der Waals surface area contributed by atoms with Gasteiger partial charge in [0.05, 0.1) is 30.5 Å². The first-order valence-corrected chi connectivity index (χ1v) is 22.3. The Morgan fingerprint density at radius 1 is 0.491 bits per heavy atom. The number of aromatic nitrogens is 1. The van der Waals surface area contributed by atoms with E-state index in [4.69, 9.17) is 0 Å². The Balaban J connectivity index is 1.20. The molecule has 0 N–H and O–H groups in total. The molecule has 0 unspecified atom stereocenters. The molecule has 0 aliphatic heterocycles. The number of para-hydroxylation sites is 2. The number of hydrogen-bond acceptors (Lipinski definition) is 1. The molecule has 8 aromatic carbocycles. The van der Waals surface area contributed by atoms with Gasteiger partial charge in [0.25, 0.3) is 0 Å². The molecule has 1 heterocycles. The van der Waals surface area contributed by atoms with Gasteiger partial charge in [0.2, 0.25) is 0 Å². The highest BCUT2D eigenvalue weighted by Crippen LogP contribution is 2.54. The first-order valence-electron chi connectivity index (χ1n) is 18.8. The van der Waals surface area contributed by atoms with Gasteiger partial charge < -0.3 is 9.47 Å². The van der Waals surface area contributed by atoms with Crippen molar-refractivity contribution in [2.75, 3.05) is 4.90 Å². The standard InChI is InChI=1S/C50H42N2Si/c1-50(2)43-31-35(51(34-25-28-36(29-26-34)53(3,4)5)45-24-14-16-33-15-6-7-17-37(33)45)27-30-42(43)49-41-21-9-8-20-40(41)48(32-44(49)50)52-46-22-12-10-18-38(46)39-19-11-13-23-47(39)52/h6-32H,1-5H3. The number of rotatable bonds is 5. The average molecular weight is 699 g/mol. The third kappa shape index (κ3) is 4.77. The molecule has 256 valence electrons. The minimum atomic E-state index is -1.46. The van der Waals surface area contributed by atoms with Crippen LogP contribution in [0.2, 0.25) is 19.6 Å². The molecule has 3 heteroatoms. The number of benzene rings is 8. The molecule has 9 aromatic rings. The van der Waals surface area contributed by atoms with E-state index in [0.29, 0.717) is 0 Å². The van der Waals surface area contributed by atoms with E-state index in [1.54, 1.807) is 0 Å². The van der Waals surface area contributed by atoms with Gasteiger partial charge >= 0.3 is 0 Å². The lowest BCUT2D eigenvalue weighted by Crippen LogP contribution is -2.37. The van der Waals surface area contributed by atoms with Crippen molar-refractivity contribution in [3.8, 4) is 16.8 Å². The van der Waals surface area contributed by atoms with Gasteiger partial charge in [-0.25, -0.2) is 0 Å². The van der Waals surface area contributed by atoms with Crippen molar-refractivity contribution >= 4 is 73.7 Å². The number of anilines is 3. The number of nitrogens with zero attached hydrogens (tertiary/aromatic N) is 2. The van der Waals surface area contributed by atoms with Crippen molar-refractivity contribution in [1.82, 2.24) is 4.57 Å². The summed E-state index contributed by atoms with van der Waals surface area (Å²) >= 11 is 0. The largest absolute Gasteiger partial charge is 0.310 e. The van der Waals surface area contributed by atoms with E-state index in [1.165, 1.54) is 93.5 Å². The summed E-state index contributed by atoms with van der Waals surface area (Å²) in [5.74, 6) is 0. The molecule has 10 rings (SSSR count). The van der Waals surface area contributed by atoms with Gasteiger partial charge in [-0.2, -0.15) is 0 Å². The summed E-state index contributed by atoms with van der Waals surface area (Å²) in [6.45, 7) is 12.1. The SMILES string of the molecule is CC1(C)c2cc(N(c3ccc([Si](C)(C)C)cc3)c3cccc4ccccc34)ccc2-c2c1cc(-n1c3ccccc3c3ccccc31)c1ccccc21. The summed E-state index contributed by atoms with van der Waals surface area (Å²) in [4.78, 5) is 2.47. The lowest BCUT2D eigenvalue weighted by molar-refractivity contribution is 0.660. The molecule has 2 nitrogen and oxygen atoms in total. The zero-order valence-electron chi connectivity index (χ0n) is 31.0. The van der Waals surface area contributed by atoms with Crippen LogP contribution in [0.3, 0.4) is 0 Å². The topological polar surface area (TPSA) is 8.17 Å². The minimum Gasteiger partial charge on any atom is -0.310 e. The van der Waals surface area contributed by atoms with Crippen LogP contribution in [0.5, 0.6) is 0 Å². The van der Waals surface area contributed by atoms with E-state index in [2.05, 4.69) is 207 Å². The molecule has 0 saturated carbocycles. The minimum absolute atomic E-state index is 0.232. The van der Waals surface area contributed by atoms with Crippen LogP contribution < -0.4 is 10.1 Å². The summed E-state index contributed by atoms with van der Waals surface area (Å²) < 4.78 is 2.49. The van der Waals surface area contributed by atoms with E-state index in [1.807, 2.05) is 0 Å². The maximum atomic E-state index is 2.49. The van der Waals surface area contributed by atoms with Crippen molar-refractivity contribution in [3.05, 3.63) is 175 Å².